The van der Waals surface area contributed by atoms with Crippen LogP contribution in [-0.4, -0.2) is 18.8 Å². The number of ketones is 1. The molecule has 0 aromatic rings. The summed E-state index contributed by atoms with van der Waals surface area (Å²) in [5.41, 5.74) is 2.34. The quantitative estimate of drug-likeness (QED) is 0.691. The van der Waals surface area contributed by atoms with Gasteiger partial charge in [-0.25, -0.2) is 5.48 Å². The standard InChI is InChI=1S/C10H17NO3/c1-7(12)8-3-5-9(6-4-8)10(13)11-14-2/h8-9H,3-6H2,1-2H3,(H,11,13). The fourth-order valence-electron chi connectivity index (χ4n) is 1.95. The molecule has 0 aromatic carbocycles. The van der Waals surface area contributed by atoms with Gasteiger partial charge >= 0.3 is 0 Å². The second-order valence-electron chi connectivity index (χ2n) is 3.83. The summed E-state index contributed by atoms with van der Waals surface area (Å²) >= 11 is 0. The summed E-state index contributed by atoms with van der Waals surface area (Å²) in [4.78, 5) is 27.0. The second-order valence-corrected chi connectivity index (χ2v) is 3.83. The average molecular weight is 199 g/mol. The number of amides is 1. The Labute approximate surface area is 84.0 Å². The van der Waals surface area contributed by atoms with Crippen molar-refractivity contribution in [2.75, 3.05) is 7.11 Å². The molecule has 0 bridgehead atoms. The number of hydrogen-bond donors (Lipinski definition) is 1. The molecule has 4 nitrogen and oxygen atoms in total. The summed E-state index contributed by atoms with van der Waals surface area (Å²) in [5, 5.41) is 0. The minimum absolute atomic E-state index is 0.0190. The van der Waals surface area contributed by atoms with E-state index in [0.29, 0.717) is 0 Å². The summed E-state index contributed by atoms with van der Waals surface area (Å²) in [5.74, 6) is 0.372. The molecule has 1 saturated carbocycles. The Balaban J connectivity index is 2.35. The first kappa shape index (κ1) is 11.2. The van der Waals surface area contributed by atoms with Crippen LogP contribution in [0.4, 0.5) is 0 Å². The zero-order valence-corrected chi connectivity index (χ0v) is 8.71. The zero-order chi connectivity index (χ0) is 10.6. The molecule has 0 spiro atoms. The number of hydroxylamine groups is 1. The van der Waals surface area contributed by atoms with E-state index in [1.54, 1.807) is 6.92 Å². The van der Waals surface area contributed by atoms with Gasteiger partial charge in [-0.1, -0.05) is 0 Å². The highest BCUT2D eigenvalue weighted by atomic mass is 16.6. The Bertz CT molecular complexity index is 219. The Hall–Kier alpha value is -0.900. The largest absolute Gasteiger partial charge is 0.300 e. The van der Waals surface area contributed by atoms with Gasteiger partial charge in [0.05, 0.1) is 7.11 Å². The molecule has 0 aliphatic heterocycles. The summed E-state index contributed by atoms with van der Waals surface area (Å²) < 4.78 is 0. The Morgan fingerprint density at radius 1 is 1.14 bits per heavy atom. The smallest absolute Gasteiger partial charge is 0.246 e. The molecule has 14 heavy (non-hydrogen) atoms. The molecule has 1 N–H and O–H groups in total. The van der Waals surface area contributed by atoms with Crippen LogP contribution < -0.4 is 5.48 Å². The molecule has 1 rings (SSSR count). The van der Waals surface area contributed by atoms with Gasteiger partial charge in [-0.2, -0.15) is 0 Å². The fraction of sp³-hybridized carbons (Fsp3) is 0.800. The van der Waals surface area contributed by atoms with Crippen LogP contribution in [0.5, 0.6) is 0 Å². The first-order chi connectivity index (χ1) is 6.65. The van der Waals surface area contributed by atoms with E-state index in [4.69, 9.17) is 0 Å². The van der Waals surface area contributed by atoms with E-state index in [1.165, 1.54) is 7.11 Å². The highest BCUT2D eigenvalue weighted by Gasteiger charge is 2.28. The van der Waals surface area contributed by atoms with Crippen molar-refractivity contribution in [2.45, 2.75) is 32.6 Å². The minimum Gasteiger partial charge on any atom is -0.300 e. The molecule has 0 radical (unpaired) electrons. The predicted molar refractivity (Wildman–Crippen MR) is 51.3 cm³/mol. The van der Waals surface area contributed by atoms with Crippen molar-refractivity contribution in [1.82, 2.24) is 5.48 Å². The maximum absolute atomic E-state index is 11.4. The van der Waals surface area contributed by atoms with Crippen molar-refractivity contribution in [3.05, 3.63) is 0 Å². The van der Waals surface area contributed by atoms with Crippen molar-refractivity contribution in [3.8, 4) is 0 Å². The van der Waals surface area contributed by atoms with Crippen LogP contribution in [0.1, 0.15) is 32.6 Å². The van der Waals surface area contributed by atoms with Gasteiger partial charge in [0.25, 0.3) is 0 Å². The molecule has 1 fully saturated rings. The van der Waals surface area contributed by atoms with E-state index >= 15 is 0 Å². The van der Waals surface area contributed by atoms with E-state index < -0.39 is 0 Å². The third-order valence-corrected chi connectivity index (χ3v) is 2.88. The van der Waals surface area contributed by atoms with Crippen LogP contribution in [0.15, 0.2) is 0 Å². The molecular weight excluding hydrogens is 182 g/mol. The van der Waals surface area contributed by atoms with Gasteiger partial charge in [-0.15, -0.1) is 0 Å². The highest BCUT2D eigenvalue weighted by Crippen LogP contribution is 2.29. The van der Waals surface area contributed by atoms with Crippen molar-refractivity contribution in [3.63, 3.8) is 0 Å². The van der Waals surface area contributed by atoms with E-state index in [1.807, 2.05) is 0 Å². The zero-order valence-electron chi connectivity index (χ0n) is 8.71. The Kier molecular flexibility index (Phi) is 4.07. The van der Waals surface area contributed by atoms with E-state index in [9.17, 15) is 9.59 Å². The third-order valence-electron chi connectivity index (χ3n) is 2.88. The molecule has 0 heterocycles. The lowest BCUT2D eigenvalue weighted by Crippen LogP contribution is -2.33. The molecule has 1 amide bonds. The maximum Gasteiger partial charge on any atom is 0.246 e. The van der Waals surface area contributed by atoms with Gasteiger partial charge in [0.2, 0.25) is 5.91 Å². The molecule has 80 valence electrons. The molecule has 0 saturated heterocycles. The number of rotatable bonds is 3. The summed E-state index contributed by atoms with van der Waals surface area (Å²) in [7, 11) is 1.43. The molecule has 0 unspecified atom stereocenters. The van der Waals surface area contributed by atoms with Crippen LogP contribution in [0.3, 0.4) is 0 Å². The number of hydrogen-bond acceptors (Lipinski definition) is 3. The molecule has 0 atom stereocenters. The topological polar surface area (TPSA) is 55.4 Å². The normalized spacial score (nSPS) is 27.0. The Morgan fingerprint density at radius 3 is 2.07 bits per heavy atom. The van der Waals surface area contributed by atoms with Crippen molar-refractivity contribution < 1.29 is 14.4 Å². The summed E-state index contributed by atoms with van der Waals surface area (Å²) in [6.45, 7) is 1.63. The minimum atomic E-state index is -0.0606. The first-order valence-corrected chi connectivity index (χ1v) is 4.98. The van der Waals surface area contributed by atoms with Crippen LogP contribution in [0, 0.1) is 11.8 Å². The number of carbonyl (C=O) groups is 2. The van der Waals surface area contributed by atoms with Gasteiger partial charge in [0.15, 0.2) is 0 Å². The van der Waals surface area contributed by atoms with Crippen LogP contribution >= 0.6 is 0 Å². The maximum atomic E-state index is 11.4. The monoisotopic (exact) mass is 199 g/mol. The molecular formula is C10H17NO3. The van der Waals surface area contributed by atoms with Crippen LogP contribution in [-0.2, 0) is 14.4 Å². The molecule has 0 aromatic heterocycles. The molecule has 1 aliphatic rings. The fourth-order valence-corrected chi connectivity index (χ4v) is 1.95. The Morgan fingerprint density at radius 2 is 1.64 bits per heavy atom. The predicted octanol–water partition coefficient (Wildman–Crippen LogP) is 1.06. The van der Waals surface area contributed by atoms with E-state index in [2.05, 4.69) is 10.3 Å². The van der Waals surface area contributed by atoms with Crippen LogP contribution in [0.25, 0.3) is 0 Å². The lowest BCUT2D eigenvalue weighted by molar-refractivity contribution is -0.137. The van der Waals surface area contributed by atoms with Gasteiger partial charge in [-0.3, -0.25) is 14.4 Å². The van der Waals surface area contributed by atoms with E-state index in [0.717, 1.165) is 25.7 Å². The summed E-state index contributed by atoms with van der Waals surface area (Å²) in [6, 6.07) is 0. The lowest BCUT2D eigenvalue weighted by atomic mass is 9.80. The van der Waals surface area contributed by atoms with Crippen LogP contribution in [0.2, 0.25) is 0 Å². The summed E-state index contributed by atoms with van der Waals surface area (Å²) in [6.07, 6.45) is 3.24. The molecule has 4 heteroatoms. The second kappa shape index (κ2) is 5.10. The highest BCUT2D eigenvalue weighted by molar-refractivity contribution is 5.80. The van der Waals surface area contributed by atoms with Gasteiger partial charge in [0.1, 0.15) is 5.78 Å². The number of carbonyl (C=O) groups excluding carboxylic acids is 2. The number of Topliss-reactive ketones (excluding diaryl/α,β-unsaturated/α-hetero) is 1. The lowest BCUT2D eigenvalue weighted by Gasteiger charge is -2.25. The van der Waals surface area contributed by atoms with Gasteiger partial charge in [-0.05, 0) is 32.6 Å². The van der Waals surface area contributed by atoms with Crippen molar-refractivity contribution in [2.24, 2.45) is 11.8 Å². The first-order valence-electron chi connectivity index (χ1n) is 4.98. The number of nitrogens with one attached hydrogen (secondary N) is 1. The van der Waals surface area contributed by atoms with Crippen molar-refractivity contribution >= 4 is 11.7 Å². The average Bonchev–Trinajstić information content (AvgIpc) is 2.18. The van der Waals surface area contributed by atoms with E-state index in [-0.39, 0.29) is 23.5 Å². The SMILES string of the molecule is CONC(=O)C1CCC(C(C)=O)CC1. The molecule has 1 aliphatic carbocycles. The van der Waals surface area contributed by atoms with Gasteiger partial charge in [0, 0.05) is 11.8 Å². The third kappa shape index (κ3) is 2.80. The van der Waals surface area contributed by atoms with Gasteiger partial charge < -0.3 is 0 Å². The van der Waals surface area contributed by atoms with Crippen molar-refractivity contribution in [1.29, 1.82) is 0 Å².